The molecule has 0 saturated carbocycles. The molecule has 0 bridgehead atoms. The molecule has 18 heavy (non-hydrogen) atoms. The van der Waals surface area contributed by atoms with E-state index in [1.54, 1.807) is 11.9 Å². The SMILES string of the molecule is CC(c1ccc(Cl)cc1)N(C)C(=O)C(C)(C)CN. The summed E-state index contributed by atoms with van der Waals surface area (Å²) in [5.41, 5.74) is 6.16. The molecule has 0 radical (unpaired) electrons. The fourth-order valence-electron chi connectivity index (χ4n) is 1.71. The van der Waals surface area contributed by atoms with Gasteiger partial charge in [0, 0.05) is 18.6 Å². The molecule has 3 nitrogen and oxygen atoms in total. The van der Waals surface area contributed by atoms with Crippen LogP contribution in [0.4, 0.5) is 0 Å². The average Bonchev–Trinajstić information content (AvgIpc) is 2.37. The molecular formula is C14H21ClN2O. The van der Waals surface area contributed by atoms with Crippen molar-refractivity contribution in [2.75, 3.05) is 13.6 Å². The Labute approximate surface area is 114 Å². The van der Waals surface area contributed by atoms with E-state index < -0.39 is 5.41 Å². The van der Waals surface area contributed by atoms with Crippen LogP contribution in [0.3, 0.4) is 0 Å². The van der Waals surface area contributed by atoms with E-state index >= 15 is 0 Å². The van der Waals surface area contributed by atoms with Crippen LogP contribution in [-0.2, 0) is 4.79 Å². The van der Waals surface area contributed by atoms with Gasteiger partial charge in [0.15, 0.2) is 0 Å². The highest BCUT2D eigenvalue weighted by Gasteiger charge is 2.31. The van der Waals surface area contributed by atoms with Crippen molar-refractivity contribution in [3.8, 4) is 0 Å². The quantitative estimate of drug-likeness (QED) is 0.913. The minimum Gasteiger partial charge on any atom is -0.338 e. The second-order valence-corrected chi connectivity index (χ2v) is 5.67. The maximum atomic E-state index is 12.3. The van der Waals surface area contributed by atoms with Gasteiger partial charge in [0.25, 0.3) is 0 Å². The van der Waals surface area contributed by atoms with Crippen molar-refractivity contribution >= 4 is 17.5 Å². The summed E-state index contributed by atoms with van der Waals surface area (Å²) < 4.78 is 0. The zero-order valence-corrected chi connectivity index (χ0v) is 12.2. The predicted octanol–water partition coefficient (Wildman–Crippen LogP) is 2.84. The lowest BCUT2D eigenvalue weighted by Gasteiger charge is -2.32. The molecule has 0 aliphatic carbocycles. The second kappa shape index (κ2) is 5.72. The van der Waals surface area contributed by atoms with E-state index in [9.17, 15) is 4.79 Å². The number of hydrogen-bond donors (Lipinski definition) is 1. The van der Waals surface area contributed by atoms with Gasteiger partial charge in [-0.2, -0.15) is 0 Å². The number of amides is 1. The van der Waals surface area contributed by atoms with Crippen molar-refractivity contribution in [1.82, 2.24) is 4.90 Å². The van der Waals surface area contributed by atoms with Gasteiger partial charge in [-0.1, -0.05) is 23.7 Å². The Morgan fingerprint density at radius 1 is 1.39 bits per heavy atom. The summed E-state index contributed by atoms with van der Waals surface area (Å²) in [6.45, 7) is 6.05. The van der Waals surface area contributed by atoms with Crippen LogP contribution >= 0.6 is 11.6 Å². The van der Waals surface area contributed by atoms with Crippen LogP contribution in [0.25, 0.3) is 0 Å². The minimum absolute atomic E-state index is 0.000548. The lowest BCUT2D eigenvalue weighted by Crippen LogP contribution is -2.43. The van der Waals surface area contributed by atoms with Crippen LogP contribution in [0.5, 0.6) is 0 Å². The molecule has 0 aromatic heterocycles. The molecule has 4 heteroatoms. The highest BCUT2D eigenvalue weighted by Crippen LogP contribution is 2.25. The Morgan fingerprint density at radius 3 is 2.33 bits per heavy atom. The summed E-state index contributed by atoms with van der Waals surface area (Å²) >= 11 is 5.86. The number of rotatable bonds is 4. The van der Waals surface area contributed by atoms with Crippen LogP contribution in [0, 0.1) is 5.41 Å². The largest absolute Gasteiger partial charge is 0.338 e. The summed E-state index contributed by atoms with van der Waals surface area (Å²) in [4.78, 5) is 14.0. The van der Waals surface area contributed by atoms with Crippen LogP contribution in [0.2, 0.25) is 5.02 Å². The fraction of sp³-hybridized carbons (Fsp3) is 0.500. The lowest BCUT2D eigenvalue weighted by molar-refractivity contribution is -0.140. The molecule has 0 spiro atoms. The molecule has 1 unspecified atom stereocenters. The number of benzene rings is 1. The van der Waals surface area contributed by atoms with E-state index in [2.05, 4.69) is 0 Å². The van der Waals surface area contributed by atoms with E-state index in [1.165, 1.54) is 0 Å². The third-order valence-electron chi connectivity index (χ3n) is 3.34. The third kappa shape index (κ3) is 3.24. The molecule has 0 aliphatic rings. The van der Waals surface area contributed by atoms with E-state index in [0.717, 1.165) is 5.56 Å². The fourth-order valence-corrected chi connectivity index (χ4v) is 1.83. The Balaban J connectivity index is 2.87. The number of nitrogens with zero attached hydrogens (tertiary/aromatic N) is 1. The van der Waals surface area contributed by atoms with Gasteiger partial charge in [0.05, 0.1) is 11.5 Å². The van der Waals surface area contributed by atoms with Crippen LogP contribution in [0.1, 0.15) is 32.4 Å². The first kappa shape index (κ1) is 15.0. The molecule has 0 aliphatic heterocycles. The molecule has 0 fully saturated rings. The Hall–Kier alpha value is -1.06. The van der Waals surface area contributed by atoms with Crippen molar-refractivity contribution in [2.45, 2.75) is 26.8 Å². The van der Waals surface area contributed by atoms with Crippen LogP contribution < -0.4 is 5.73 Å². The number of carbonyl (C=O) groups is 1. The topological polar surface area (TPSA) is 46.3 Å². The monoisotopic (exact) mass is 268 g/mol. The van der Waals surface area contributed by atoms with Gasteiger partial charge in [0.2, 0.25) is 5.91 Å². The first-order chi connectivity index (χ1) is 8.29. The van der Waals surface area contributed by atoms with Gasteiger partial charge in [-0.15, -0.1) is 0 Å². The number of carbonyl (C=O) groups excluding carboxylic acids is 1. The van der Waals surface area contributed by atoms with Crippen molar-refractivity contribution in [2.24, 2.45) is 11.1 Å². The summed E-state index contributed by atoms with van der Waals surface area (Å²) in [7, 11) is 1.80. The molecule has 1 atom stereocenters. The molecule has 0 saturated heterocycles. The molecule has 1 amide bonds. The van der Waals surface area contributed by atoms with Crippen molar-refractivity contribution in [1.29, 1.82) is 0 Å². The normalized spacial score (nSPS) is 13.2. The summed E-state index contributed by atoms with van der Waals surface area (Å²) in [5, 5.41) is 0.696. The standard InChI is InChI=1S/C14H21ClN2O/c1-10(11-5-7-12(15)8-6-11)17(4)13(18)14(2,3)9-16/h5-8,10H,9,16H2,1-4H3. The molecule has 100 valence electrons. The maximum Gasteiger partial charge on any atom is 0.229 e. The van der Waals surface area contributed by atoms with Crippen molar-refractivity contribution in [3.05, 3.63) is 34.9 Å². The zero-order valence-electron chi connectivity index (χ0n) is 11.4. The van der Waals surface area contributed by atoms with Gasteiger partial charge in [0.1, 0.15) is 0 Å². The van der Waals surface area contributed by atoms with E-state index in [1.807, 2.05) is 45.0 Å². The molecule has 1 aromatic rings. The van der Waals surface area contributed by atoms with E-state index in [0.29, 0.717) is 11.6 Å². The first-order valence-electron chi connectivity index (χ1n) is 6.02. The van der Waals surface area contributed by atoms with Gasteiger partial charge in [-0.05, 0) is 38.5 Å². The van der Waals surface area contributed by atoms with Crippen molar-refractivity contribution < 1.29 is 4.79 Å². The maximum absolute atomic E-state index is 12.3. The minimum atomic E-state index is -0.532. The van der Waals surface area contributed by atoms with Crippen molar-refractivity contribution in [3.63, 3.8) is 0 Å². The predicted molar refractivity (Wildman–Crippen MR) is 75.5 cm³/mol. The Morgan fingerprint density at radius 2 is 1.89 bits per heavy atom. The number of hydrogen-bond acceptors (Lipinski definition) is 2. The molecule has 1 aromatic carbocycles. The summed E-state index contributed by atoms with van der Waals surface area (Å²) in [5.74, 6) is 0.0486. The number of halogens is 1. The highest BCUT2D eigenvalue weighted by molar-refractivity contribution is 6.30. The second-order valence-electron chi connectivity index (χ2n) is 5.23. The van der Waals surface area contributed by atoms with E-state index in [4.69, 9.17) is 17.3 Å². The summed E-state index contributed by atoms with van der Waals surface area (Å²) in [6, 6.07) is 7.54. The van der Waals surface area contributed by atoms with Crippen LogP contribution in [-0.4, -0.2) is 24.4 Å². The smallest absolute Gasteiger partial charge is 0.229 e. The average molecular weight is 269 g/mol. The first-order valence-corrected chi connectivity index (χ1v) is 6.40. The number of nitrogens with two attached hydrogens (primary N) is 1. The lowest BCUT2D eigenvalue weighted by atomic mass is 9.91. The highest BCUT2D eigenvalue weighted by atomic mass is 35.5. The van der Waals surface area contributed by atoms with Gasteiger partial charge < -0.3 is 10.6 Å². The Kier molecular flexibility index (Phi) is 4.77. The van der Waals surface area contributed by atoms with E-state index in [-0.39, 0.29) is 11.9 Å². The van der Waals surface area contributed by atoms with Gasteiger partial charge in [-0.3, -0.25) is 4.79 Å². The summed E-state index contributed by atoms with van der Waals surface area (Å²) in [6.07, 6.45) is 0. The van der Waals surface area contributed by atoms with Crippen LogP contribution in [0.15, 0.2) is 24.3 Å². The zero-order chi connectivity index (χ0) is 13.9. The molecule has 2 N–H and O–H groups in total. The van der Waals surface area contributed by atoms with Gasteiger partial charge >= 0.3 is 0 Å². The Bertz CT molecular complexity index is 414. The molecule has 0 heterocycles. The third-order valence-corrected chi connectivity index (χ3v) is 3.59. The van der Waals surface area contributed by atoms with Gasteiger partial charge in [-0.25, -0.2) is 0 Å². The molecule has 1 rings (SSSR count). The molecular weight excluding hydrogens is 248 g/mol.